The highest BCUT2D eigenvalue weighted by molar-refractivity contribution is 8.00. The SMILES string of the molecule is CCCOc1ccc(SC(C)(C)C)cc1-c1nc(N)c(N)c(=O)[nH]1. The van der Waals surface area contributed by atoms with E-state index in [1.54, 1.807) is 11.8 Å². The number of hydrogen-bond donors (Lipinski definition) is 3. The molecule has 0 amide bonds. The molecule has 0 radical (unpaired) electrons. The van der Waals surface area contributed by atoms with Crippen LogP contribution in [0.4, 0.5) is 11.5 Å². The molecule has 2 aromatic rings. The van der Waals surface area contributed by atoms with Gasteiger partial charge in [0.05, 0.1) is 12.2 Å². The predicted molar refractivity (Wildman–Crippen MR) is 101 cm³/mol. The molecule has 0 bridgehead atoms. The van der Waals surface area contributed by atoms with E-state index in [2.05, 4.69) is 30.7 Å². The number of nitrogens with zero attached hydrogens (tertiary/aromatic N) is 1. The second kappa shape index (κ2) is 7.17. The van der Waals surface area contributed by atoms with Crippen LogP contribution in [0.2, 0.25) is 0 Å². The number of H-pyrrole nitrogens is 1. The summed E-state index contributed by atoms with van der Waals surface area (Å²) in [6.07, 6.45) is 0.881. The average molecular weight is 348 g/mol. The van der Waals surface area contributed by atoms with Crippen LogP contribution in [0.1, 0.15) is 34.1 Å². The standard InChI is InChI=1S/C17H24N4O2S/c1-5-8-23-12-7-6-10(24-17(2,3)4)9-11(12)15-20-14(19)13(18)16(22)21-15/h6-7,9H,5,8,18H2,1-4H3,(H3,19,20,21,22). The topological polar surface area (TPSA) is 107 Å². The molecular weight excluding hydrogens is 324 g/mol. The van der Waals surface area contributed by atoms with E-state index in [9.17, 15) is 4.79 Å². The van der Waals surface area contributed by atoms with Crippen molar-refractivity contribution in [2.24, 2.45) is 0 Å². The molecule has 0 atom stereocenters. The molecule has 0 saturated heterocycles. The normalized spacial score (nSPS) is 11.5. The van der Waals surface area contributed by atoms with Gasteiger partial charge in [-0.05, 0) is 24.6 Å². The van der Waals surface area contributed by atoms with Crippen LogP contribution in [0.5, 0.6) is 5.75 Å². The maximum Gasteiger partial charge on any atom is 0.276 e. The summed E-state index contributed by atoms with van der Waals surface area (Å²) in [6, 6.07) is 5.85. The lowest BCUT2D eigenvalue weighted by Gasteiger charge is -2.19. The second-order valence-electron chi connectivity index (χ2n) is 6.43. The fraction of sp³-hybridized carbons (Fsp3) is 0.412. The Morgan fingerprint density at radius 2 is 2.00 bits per heavy atom. The Bertz CT molecular complexity index is 781. The van der Waals surface area contributed by atoms with Crippen molar-refractivity contribution in [2.75, 3.05) is 18.1 Å². The van der Waals surface area contributed by atoms with E-state index in [4.69, 9.17) is 16.2 Å². The first-order valence-electron chi connectivity index (χ1n) is 7.82. The lowest BCUT2D eigenvalue weighted by molar-refractivity contribution is 0.318. The van der Waals surface area contributed by atoms with Gasteiger partial charge in [0.2, 0.25) is 0 Å². The zero-order valence-corrected chi connectivity index (χ0v) is 15.3. The summed E-state index contributed by atoms with van der Waals surface area (Å²) in [5.41, 5.74) is 11.5. The largest absolute Gasteiger partial charge is 0.493 e. The van der Waals surface area contributed by atoms with Crippen LogP contribution in [0.3, 0.4) is 0 Å². The summed E-state index contributed by atoms with van der Waals surface area (Å²) in [5, 5.41) is 0. The van der Waals surface area contributed by atoms with E-state index >= 15 is 0 Å². The summed E-state index contributed by atoms with van der Waals surface area (Å²) < 4.78 is 5.85. The van der Waals surface area contributed by atoms with E-state index in [0.717, 1.165) is 11.3 Å². The number of nitrogens with one attached hydrogen (secondary N) is 1. The van der Waals surface area contributed by atoms with Crippen molar-refractivity contribution in [1.82, 2.24) is 9.97 Å². The molecule has 0 spiro atoms. The molecule has 1 aromatic heterocycles. The number of nitrogen functional groups attached to an aromatic ring is 2. The molecule has 0 aliphatic rings. The number of aromatic amines is 1. The molecule has 5 N–H and O–H groups in total. The van der Waals surface area contributed by atoms with Crippen LogP contribution in [0, 0.1) is 0 Å². The molecule has 24 heavy (non-hydrogen) atoms. The van der Waals surface area contributed by atoms with Crippen LogP contribution in [0.25, 0.3) is 11.4 Å². The summed E-state index contributed by atoms with van der Waals surface area (Å²) in [7, 11) is 0. The van der Waals surface area contributed by atoms with Gasteiger partial charge in [-0.1, -0.05) is 27.7 Å². The molecule has 0 saturated carbocycles. The zero-order valence-electron chi connectivity index (χ0n) is 14.5. The molecule has 0 fully saturated rings. The van der Waals surface area contributed by atoms with Crippen LogP contribution in [0.15, 0.2) is 27.9 Å². The number of benzene rings is 1. The van der Waals surface area contributed by atoms with Gasteiger partial charge in [-0.25, -0.2) is 4.98 Å². The van der Waals surface area contributed by atoms with Crippen molar-refractivity contribution in [1.29, 1.82) is 0 Å². The molecule has 130 valence electrons. The zero-order chi connectivity index (χ0) is 17.9. The lowest BCUT2D eigenvalue weighted by atomic mass is 10.2. The van der Waals surface area contributed by atoms with Gasteiger partial charge in [0.25, 0.3) is 5.56 Å². The Labute approximate surface area is 146 Å². The minimum atomic E-state index is -0.451. The molecule has 0 aliphatic carbocycles. The second-order valence-corrected chi connectivity index (χ2v) is 8.33. The monoisotopic (exact) mass is 348 g/mol. The Kier molecular flexibility index (Phi) is 5.43. The smallest absolute Gasteiger partial charge is 0.276 e. The third-order valence-electron chi connectivity index (χ3n) is 3.08. The van der Waals surface area contributed by atoms with Gasteiger partial charge in [-0.3, -0.25) is 4.79 Å². The molecule has 7 heteroatoms. The molecular formula is C17H24N4O2S. The third kappa shape index (κ3) is 4.44. The van der Waals surface area contributed by atoms with Crippen LogP contribution < -0.4 is 21.8 Å². The Morgan fingerprint density at radius 1 is 1.29 bits per heavy atom. The highest BCUT2D eigenvalue weighted by Gasteiger charge is 2.17. The van der Waals surface area contributed by atoms with Crippen LogP contribution in [-0.4, -0.2) is 21.3 Å². The molecule has 0 unspecified atom stereocenters. The lowest BCUT2D eigenvalue weighted by Crippen LogP contribution is -2.17. The minimum absolute atomic E-state index is 0.0177. The molecule has 2 rings (SSSR count). The quantitative estimate of drug-likeness (QED) is 0.716. The minimum Gasteiger partial charge on any atom is -0.493 e. The first-order valence-corrected chi connectivity index (χ1v) is 8.64. The summed E-state index contributed by atoms with van der Waals surface area (Å²) >= 11 is 1.72. The number of rotatable bonds is 5. The van der Waals surface area contributed by atoms with Gasteiger partial charge in [-0.2, -0.15) is 0 Å². The van der Waals surface area contributed by atoms with E-state index in [0.29, 0.717) is 23.7 Å². The molecule has 0 aliphatic heterocycles. The van der Waals surface area contributed by atoms with Gasteiger partial charge in [0.15, 0.2) is 5.82 Å². The van der Waals surface area contributed by atoms with Gasteiger partial charge in [0.1, 0.15) is 17.3 Å². The van der Waals surface area contributed by atoms with Crippen molar-refractivity contribution in [3.8, 4) is 17.1 Å². The summed E-state index contributed by atoms with van der Waals surface area (Å²) in [4.78, 5) is 19.9. The highest BCUT2D eigenvalue weighted by Crippen LogP contribution is 2.37. The van der Waals surface area contributed by atoms with Gasteiger partial charge < -0.3 is 21.2 Å². The number of aromatic nitrogens is 2. The molecule has 6 nitrogen and oxygen atoms in total. The van der Waals surface area contributed by atoms with E-state index in [1.165, 1.54) is 0 Å². The van der Waals surface area contributed by atoms with Crippen molar-refractivity contribution in [3.63, 3.8) is 0 Å². The van der Waals surface area contributed by atoms with Crippen molar-refractivity contribution in [2.45, 2.75) is 43.8 Å². The first kappa shape index (κ1) is 18.2. The van der Waals surface area contributed by atoms with Crippen molar-refractivity contribution >= 4 is 23.3 Å². The number of thioether (sulfide) groups is 1. The maximum absolute atomic E-state index is 11.9. The van der Waals surface area contributed by atoms with Crippen molar-refractivity contribution < 1.29 is 4.74 Å². The molecule has 1 heterocycles. The van der Waals surface area contributed by atoms with E-state index < -0.39 is 5.56 Å². The molecule has 1 aromatic carbocycles. The summed E-state index contributed by atoms with van der Waals surface area (Å²) in [6.45, 7) is 9.03. The van der Waals surface area contributed by atoms with Crippen LogP contribution >= 0.6 is 11.8 Å². The first-order chi connectivity index (χ1) is 11.2. The van der Waals surface area contributed by atoms with Gasteiger partial charge >= 0.3 is 0 Å². The number of ether oxygens (including phenoxy) is 1. The fourth-order valence-electron chi connectivity index (χ4n) is 2.08. The highest BCUT2D eigenvalue weighted by atomic mass is 32.2. The Hall–Kier alpha value is -2.15. The number of anilines is 2. The maximum atomic E-state index is 11.9. The van der Waals surface area contributed by atoms with Crippen molar-refractivity contribution in [3.05, 3.63) is 28.6 Å². The van der Waals surface area contributed by atoms with E-state index in [-0.39, 0.29) is 16.3 Å². The predicted octanol–water partition coefficient (Wildman–Crippen LogP) is 3.28. The number of nitrogens with two attached hydrogens (primary N) is 2. The Morgan fingerprint density at radius 3 is 2.58 bits per heavy atom. The van der Waals surface area contributed by atoms with Gasteiger partial charge in [0, 0.05) is 9.64 Å². The summed E-state index contributed by atoms with van der Waals surface area (Å²) in [5.74, 6) is 1.03. The third-order valence-corrected chi connectivity index (χ3v) is 4.18. The van der Waals surface area contributed by atoms with Crippen LogP contribution in [-0.2, 0) is 0 Å². The fourth-order valence-corrected chi connectivity index (χ4v) is 3.10. The average Bonchev–Trinajstić information content (AvgIpc) is 2.49. The van der Waals surface area contributed by atoms with E-state index in [1.807, 2.05) is 25.1 Å². The Balaban J connectivity index is 2.55. The van der Waals surface area contributed by atoms with Gasteiger partial charge in [-0.15, -0.1) is 11.8 Å². The number of hydrogen-bond acceptors (Lipinski definition) is 6.